The van der Waals surface area contributed by atoms with Gasteiger partial charge in [-0.25, -0.2) is 0 Å². The van der Waals surface area contributed by atoms with Gasteiger partial charge < -0.3 is 19.1 Å². The highest BCUT2D eigenvalue weighted by Gasteiger charge is 2.22. The minimum Gasteiger partial charge on any atom is -0.495 e. The van der Waals surface area contributed by atoms with Crippen molar-refractivity contribution < 1.29 is 14.1 Å². The molecule has 0 radical (unpaired) electrons. The van der Waals surface area contributed by atoms with E-state index in [9.17, 15) is 4.79 Å². The molecule has 0 unspecified atom stereocenters. The average molecular weight is 372 g/mol. The number of aryl methyl sites for hydroxylation is 2. The van der Waals surface area contributed by atoms with Crippen molar-refractivity contribution in [2.45, 2.75) is 39.0 Å². The van der Waals surface area contributed by atoms with Crippen LogP contribution in [0.2, 0.25) is 0 Å². The molecule has 2 heterocycles. The number of nitrogens with zero attached hydrogens (tertiary/aromatic N) is 4. The molecule has 1 amide bonds. The van der Waals surface area contributed by atoms with E-state index in [2.05, 4.69) is 28.0 Å². The Hall–Kier alpha value is -2.57. The van der Waals surface area contributed by atoms with Crippen LogP contribution in [0.1, 0.15) is 37.9 Å². The first-order valence-corrected chi connectivity index (χ1v) is 9.68. The summed E-state index contributed by atoms with van der Waals surface area (Å²) in [7, 11) is 1.69. The zero-order valence-corrected chi connectivity index (χ0v) is 16.2. The number of para-hydroxylation sites is 2. The lowest BCUT2D eigenvalue weighted by Gasteiger charge is -2.36. The van der Waals surface area contributed by atoms with E-state index in [1.165, 1.54) is 0 Å². The lowest BCUT2D eigenvalue weighted by molar-refractivity contribution is -0.131. The van der Waals surface area contributed by atoms with Crippen LogP contribution in [0.25, 0.3) is 0 Å². The molecule has 0 N–H and O–H groups in total. The monoisotopic (exact) mass is 372 g/mol. The fraction of sp³-hybridized carbons (Fsp3) is 0.550. The molecule has 0 spiro atoms. The fourth-order valence-corrected chi connectivity index (χ4v) is 3.35. The van der Waals surface area contributed by atoms with Gasteiger partial charge in [0.05, 0.1) is 12.8 Å². The lowest BCUT2D eigenvalue weighted by Crippen LogP contribution is -2.48. The third-order valence-corrected chi connectivity index (χ3v) is 4.82. The Bertz CT molecular complexity index is 738. The van der Waals surface area contributed by atoms with Gasteiger partial charge in [-0.1, -0.05) is 24.2 Å². The van der Waals surface area contributed by atoms with Gasteiger partial charge in [-0.3, -0.25) is 4.79 Å². The molecule has 1 aliphatic rings. The molecule has 7 nitrogen and oxygen atoms in total. The molecular formula is C20H28N4O3. The van der Waals surface area contributed by atoms with E-state index < -0.39 is 0 Å². The first-order valence-electron chi connectivity index (χ1n) is 9.68. The predicted molar refractivity (Wildman–Crippen MR) is 103 cm³/mol. The van der Waals surface area contributed by atoms with Crippen molar-refractivity contribution in [1.82, 2.24) is 15.0 Å². The highest BCUT2D eigenvalue weighted by atomic mass is 16.5. The van der Waals surface area contributed by atoms with Crippen LogP contribution in [-0.4, -0.2) is 54.2 Å². The summed E-state index contributed by atoms with van der Waals surface area (Å²) in [5.74, 6) is 2.46. The SMILES string of the molecule is CCCc1noc(CCCC(=O)N2CCN(c3ccccc3OC)CC2)n1. The maximum Gasteiger partial charge on any atom is 0.226 e. The molecule has 1 aromatic carbocycles. The average Bonchev–Trinajstić information content (AvgIpc) is 3.15. The third kappa shape index (κ3) is 4.99. The van der Waals surface area contributed by atoms with Crippen molar-refractivity contribution in [3.63, 3.8) is 0 Å². The Kier molecular flexibility index (Phi) is 6.68. The van der Waals surface area contributed by atoms with Gasteiger partial charge in [-0.05, 0) is 25.0 Å². The van der Waals surface area contributed by atoms with Crippen molar-refractivity contribution in [2.75, 3.05) is 38.2 Å². The van der Waals surface area contributed by atoms with E-state index in [4.69, 9.17) is 9.26 Å². The minimum atomic E-state index is 0.197. The van der Waals surface area contributed by atoms with Crippen LogP contribution in [0.3, 0.4) is 0 Å². The number of piperazine rings is 1. The van der Waals surface area contributed by atoms with Gasteiger partial charge in [0.25, 0.3) is 0 Å². The number of rotatable bonds is 8. The van der Waals surface area contributed by atoms with Crippen LogP contribution in [0.15, 0.2) is 28.8 Å². The highest BCUT2D eigenvalue weighted by Crippen LogP contribution is 2.28. The molecule has 2 aromatic rings. The molecule has 1 aliphatic heterocycles. The second-order valence-corrected chi connectivity index (χ2v) is 6.75. The number of carbonyl (C=O) groups excluding carboxylic acids is 1. The molecule has 3 rings (SSSR count). The lowest BCUT2D eigenvalue weighted by atomic mass is 10.2. The smallest absolute Gasteiger partial charge is 0.226 e. The maximum atomic E-state index is 12.5. The second kappa shape index (κ2) is 9.39. The molecule has 0 bridgehead atoms. The van der Waals surface area contributed by atoms with Gasteiger partial charge in [-0.15, -0.1) is 0 Å². The van der Waals surface area contributed by atoms with Gasteiger partial charge in [0.1, 0.15) is 5.75 Å². The summed E-state index contributed by atoms with van der Waals surface area (Å²) in [5, 5.41) is 3.95. The maximum absolute atomic E-state index is 12.5. The van der Waals surface area contributed by atoms with Crippen molar-refractivity contribution in [2.24, 2.45) is 0 Å². The van der Waals surface area contributed by atoms with E-state index in [1.54, 1.807) is 7.11 Å². The Morgan fingerprint density at radius 3 is 2.70 bits per heavy atom. The van der Waals surface area contributed by atoms with E-state index >= 15 is 0 Å². The standard InChI is InChI=1S/C20H28N4O3/c1-3-7-18-21-19(27-22-18)10-6-11-20(25)24-14-12-23(13-15-24)16-8-4-5-9-17(16)26-2/h4-5,8-9H,3,6-7,10-15H2,1-2H3. The van der Waals surface area contributed by atoms with Crippen LogP contribution in [-0.2, 0) is 17.6 Å². The van der Waals surface area contributed by atoms with Crippen LogP contribution in [0, 0.1) is 0 Å². The number of ether oxygens (including phenoxy) is 1. The van der Waals surface area contributed by atoms with Crippen molar-refractivity contribution in [3.05, 3.63) is 36.0 Å². The van der Waals surface area contributed by atoms with Crippen molar-refractivity contribution in [3.8, 4) is 5.75 Å². The molecule has 0 aliphatic carbocycles. The number of hydrogen-bond acceptors (Lipinski definition) is 6. The Morgan fingerprint density at radius 2 is 1.96 bits per heavy atom. The van der Waals surface area contributed by atoms with Crippen LogP contribution in [0.4, 0.5) is 5.69 Å². The molecule has 0 atom stereocenters. The predicted octanol–water partition coefficient (Wildman–Crippen LogP) is 2.70. The van der Waals surface area contributed by atoms with Crippen molar-refractivity contribution in [1.29, 1.82) is 0 Å². The largest absolute Gasteiger partial charge is 0.495 e. The van der Waals surface area contributed by atoms with Crippen LogP contribution in [0.5, 0.6) is 5.75 Å². The van der Waals surface area contributed by atoms with Gasteiger partial charge in [0.2, 0.25) is 11.8 Å². The van der Waals surface area contributed by atoms with Crippen molar-refractivity contribution >= 4 is 11.6 Å². The first kappa shape index (κ1) is 19.2. The number of methoxy groups -OCH3 is 1. The topological polar surface area (TPSA) is 71.7 Å². The Morgan fingerprint density at radius 1 is 1.19 bits per heavy atom. The number of aromatic nitrogens is 2. The normalized spacial score (nSPS) is 14.4. The van der Waals surface area contributed by atoms with Gasteiger partial charge in [0.15, 0.2) is 5.82 Å². The Labute approximate surface area is 160 Å². The molecule has 1 saturated heterocycles. The van der Waals surface area contributed by atoms with E-state index in [1.807, 2.05) is 23.1 Å². The molecule has 146 valence electrons. The molecule has 7 heteroatoms. The highest BCUT2D eigenvalue weighted by molar-refractivity contribution is 5.76. The van der Waals surface area contributed by atoms with Gasteiger partial charge in [0, 0.05) is 45.4 Å². The molecule has 1 aromatic heterocycles. The van der Waals surface area contributed by atoms with Crippen LogP contribution >= 0.6 is 0 Å². The third-order valence-electron chi connectivity index (χ3n) is 4.82. The quantitative estimate of drug-likeness (QED) is 0.709. The summed E-state index contributed by atoms with van der Waals surface area (Å²) in [6, 6.07) is 8.01. The summed E-state index contributed by atoms with van der Waals surface area (Å²) in [5.41, 5.74) is 1.09. The molecule has 27 heavy (non-hydrogen) atoms. The van der Waals surface area contributed by atoms with Gasteiger partial charge >= 0.3 is 0 Å². The van der Waals surface area contributed by atoms with Gasteiger partial charge in [-0.2, -0.15) is 4.98 Å². The number of benzene rings is 1. The van der Waals surface area contributed by atoms with E-state index in [-0.39, 0.29) is 5.91 Å². The number of hydrogen-bond donors (Lipinski definition) is 0. The summed E-state index contributed by atoms with van der Waals surface area (Å²) >= 11 is 0. The number of carbonyl (C=O) groups is 1. The minimum absolute atomic E-state index is 0.197. The summed E-state index contributed by atoms with van der Waals surface area (Å²) in [6.45, 7) is 5.19. The fourth-order valence-electron chi connectivity index (χ4n) is 3.35. The number of anilines is 1. The summed E-state index contributed by atoms with van der Waals surface area (Å²) in [6.07, 6.45) is 3.74. The van der Waals surface area contributed by atoms with Crippen LogP contribution < -0.4 is 9.64 Å². The summed E-state index contributed by atoms with van der Waals surface area (Å²) in [4.78, 5) is 21.0. The molecule has 0 saturated carbocycles. The molecular weight excluding hydrogens is 344 g/mol. The number of amides is 1. The zero-order chi connectivity index (χ0) is 19.1. The summed E-state index contributed by atoms with van der Waals surface area (Å²) < 4.78 is 10.7. The molecule has 1 fully saturated rings. The zero-order valence-electron chi connectivity index (χ0n) is 16.2. The second-order valence-electron chi connectivity index (χ2n) is 6.75. The van der Waals surface area contributed by atoms with E-state index in [0.717, 1.165) is 62.7 Å². The Balaban J connectivity index is 1.43. The van der Waals surface area contributed by atoms with E-state index in [0.29, 0.717) is 18.7 Å². The first-order chi connectivity index (χ1) is 13.2.